The van der Waals surface area contributed by atoms with Gasteiger partial charge in [0.15, 0.2) is 5.78 Å². The fourth-order valence-corrected chi connectivity index (χ4v) is 4.36. The molecule has 8 nitrogen and oxygen atoms in total. The molecule has 0 aliphatic rings. The highest BCUT2D eigenvalue weighted by Gasteiger charge is 2.30. The zero-order valence-corrected chi connectivity index (χ0v) is 21.3. The van der Waals surface area contributed by atoms with E-state index in [9.17, 15) is 22.8 Å². The van der Waals surface area contributed by atoms with E-state index in [0.717, 1.165) is 17.0 Å². The first kappa shape index (κ1) is 27.3. The smallest absolute Gasteiger partial charge is 0.244 e. The number of amides is 2. The molecule has 0 spiro atoms. The van der Waals surface area contributed by atoms with Gasteiger partial charge < -0.3 is 10.2 Å². The summed E-state index contributed by atoms with van der Waals surface area (Å²) in [6.45, 7) is 4.86. The highest BCUT2D eigenvalue weighted by Crippen LogP contribution is 2.21. The lowest BCUT2D eigenvalue weighted by atomic mass is 10.1. The van der Waals surface area contributed by atoms with Crippen LogP contribution < -0.4 is 9.62 Å². The van der Waals surface area contributed by atoms with Crippen molar-refractivity contribution in [2.75, 3.05) is 23.7 Å². The highest BCUT2D eigenvalue weighted by atomic mass is 35.5. The summed E-state index contributed by atoms with van der Waals surface area (Å²) in [5.74, 6) is -1.15. The number of nitrogens with zero attached hydrogens (tertiary/aromatic N) is 2. The van der Waals surface area contributed by atoms with E-state index in [-0.39, 0.29) is 23.9 Å². The Morgan fingerprint density at radius 3 is 2.35 bits per heavy atom. The molecule has 0 saturated carbocycles. The summed E-state index contributed by atoms with van der Waals surface area (Å²) in [7, 11) is -3.88. The lowest BCUT2D eigenvalue weighted by Gasteiger charge is -2.31. The van der Waals surface area contributed by atoms with Crippen LogP contribution in [0.1, 0.15) is 43.1 Å². The maximum Gasteiger partial charge on any atom is 0.244 e. The molecule has 10 heteroatoms. The Bertz CT molecular complexity index is 1150. The molecule has 2 amide bonds. The summed E-state index contributed by atoms with van der Waals surface area (Å²) in [4.78, 5) is 39.2. The van der Waals surface area contributed by atoms with E-state index < -0.39 is 28.5 Å². The third kappa shape index (κ3) is 7.56. The third-order valence-corrected chi connectivity index (χ3v) is 6.55. The quantitative estimate of drug-likeness (QED) is 0.470. The Morgan fingerprint density at radius 1 is 1.09 bits per heavy atom. The van der Waals surface area contributed by atoms with E-state index in [1.807, 2.05) is 6.92 Å². The average molecular weight is 508 g/mol. The van der Waals surface area contributed by atoms with Gasteiger partial charge >= 0.3 is 0 Å². The van der Waals surface area contributed by atoms with Gasteiger partial charge in [-0.2, -0.15) is 0 Å². The third-order valence-electron chi connectivity index (χ3n) is 5.18. The number of sulfonamides is 1. The minimum absolute atomic E-state index is 0.0607. The van der Waals surface area contributed by atoms with Crippen molar-refractivity contribution in [2.45, 2.75) is 39.8 Å². The first-order chi connectivity index (χ1) is 15.9. The van der Waals surface area contributed by atoms with Crippen LogP contribution in [-0.4, -0.2) is 56.3 Å². The zero-order chi connectivity index (χ0) is 25.5. The number of carbonyl (C=O) groups excluding carboxylic acids is 3. The molecule has 2 rings (SSSR count). The fourth-order valence-electron chi connectivity index (χ4n) is 3.30. The van der Waals surface area contributed by atoms with E-state index in [1.54, 1.807) is 43.3 Å². The van der Waals surface area contributed by atoms with Gasteiger partial charge in [-0.15, -0.1) is 0 Å². The van der Waals surface area contributed by atoms with Crippen LogP contribution in [0, 0.1) is 0 Å². The van der Waals surface area contributed by atoms with Crippen molar-refractivity contribution in [3.63, 3.8) is 0 Å². The molecule has 0 aliphatic heterocycles. The zero-order valence-electron chi connectivity index (χ0n) is 19.7. The second kappa shape index (κ2) is 12.0. The number of ketones is 1. The highest BCUT2D eigenvalue weighted by molar-refractivity contribution is 7.92. The van der Waals surface area contributed by atoms with Crippen LogP contribution in [-0.2, 0) is 26.2 Å². The van der Waals surface area contributed by atoms with Gasteiger partial charge in [0.25, 0.3) is 0 Å². The molecule has 2 aromatic carbocycles. The molecule has 0 heterocycles. The molecule has 2 aromatic rings. The molecule has 0 radical (unpaired) electrons. The van der Waals surface area contributed by atoms with Gasteiger partial charge in [-0.1, -0.05) is 42.8 Å². The monoisotopic (exact) mass is 507 g/mol. The minimum atomic E-state index is -3.88. The largest absolute Gasteiger partial charge is 0.354 e. The van der Waals surface area contributed by atoms with Crippen LogP contribution in [0.15, 0.2) is 48.5 Å². The van der Waals surface area contributed by atoms with E-state index in [1.165, 1.54) is 24.0 Å². The number of carbonyl (C=O) groups is 3. The summed E-state index contributed by atoms with van der Waals surface area (Å²) >= 11 is 6.09. The van der Waals surface area contributed by atoms with Crippen LogP contribution in [0.4, 0.5) is 5.69 Å². The molecule has 34 heavy (non-hydrogen) atoms. The van der Waals surface area contributed by atoms with Gasteiger partial charge in [0.05, 0.1) is 11.9 Å². The maximum absolute atomic E-state index is 13.4. The summed E-state index contributed by atoms with van der Waals surface area (Å²) in [6, 6.07) is 12.1. The predicted molar refractivity (Wildman–Crippen MR) is 133 cm³/mol. The Kier molecular flexibility index (Phi) is 9.64. The number of hydrogen-bond donors (Lipinski definition) is 1. The number of halogens is 1. The Morgan fingerprint density at radius 2 is 1.76 bits per heavy atom. The standard InChI is InChI=1S/C24H30ClN3O5S/c1-5-12-26-24(31)17(2)27(15-19-8-6-10-21(25)13-19)23(30)16-28(34(4,32)33)22-11-7-9-20(14-22)18(3)29/h6-11,13-14,17H,5,12,15-16H2,1-4H3,(H,26,31)/t17-/m1/s1. The number of nitrogens with one attached hydrogen (secondary N) is 1. The number of rotatable bonds is 11. The van der Waals surface area contributed by atoms with Gasteiger partial charge in [0.1, 0.15) is 12.6 Å². The first-order valence-electron chi connectivity index (χ1n) is 10.8. The number of hydrogen-bond acceptors (Lipinski definition) is 5. The normalized spacial score (nSPS) is 12.0. The lowest BCUT2D eigenvalue weighted by molar-refractivity contribution is -0.139. The van der Waals surface area contributed by atoms with Gasteiger partial charge in [-0.05, 0) is 50.1 Å². The molecule has 0 unspecified atom stereocenters. The van der Waals surface area contributed by atoms with Gasteiger partial charge in [0.2, 0.25) is 21.8 Å². The van der Waals surface area contributed by atoms with Crippen LogP contribution in [0.25, 0.3) is 0 Å². The molecular weight excluding hydrogens is 478 g/mol. The second-order valence-electron chi connectivity index (χ2n) is 7.99. The van der Waals surface area contributed by atoms with Crippen molar-refractivity contribution in [3.8, 4) is 0 Å². The van der Waals surface area contributed by atoms with E-state index in [0.29, 0.717) is 22.7 Å². The molecular formula is C24H30ClN3O5S. The molecule has 0 aromatic heterocycles. The minimum Gasteiger partial charge on any atom is -0.354 e. The summed E-state index contributed by atoms with van der Waals surface area (Å²) in [6.07, 6.45) is 1.72. The Hall–Kier alpha value is -2.91. The van der Waals surface area contributed by atoms with E-state index >= 15 is 0 Å². The molecule has 0 bridgehead atoms. The number of benzene rings is 2. The maximum atomic E-state index is 13.4. The molecule has 1 atom stereocenters. The van der Waals surface area contributed by atoms with Crippen LogP contribution >= 0.6 is 11.6 Å². The van der Waals surface area contributed by atoms with Crippen molar-refractivity contribution in [3.05, 3.63) is 64.7 Å². The van der Waals surface area contributed by atoms with Gasteiger partial charge in [-0.3, -0.25) is 18.7 Å². The lowest BCUT2D eigenvalue weighted by Crippen LogP contribution is -2.51. The Balaban J connectivity index is 2.41. The first-order valence-corrected chi connectivity index (χ1v) is 13.1. The number of Topliss-reactive ketones (excluding diaryl/α,β-unsaturated/α-hetero) is 1. The summed E-state index contributed by atoms with van der Waals surface area (Å²) in [5.41, 5.74) is 1.21. The second-order valence-corrected chi connectivity index (χ2v) is 10.3. The van der Waals surface area contributed by atoms with E-state index in [2.05, 4.69) is 5.32 Å². The molecule has 184 valence electrons. The summed E-state index contributed by atoms with van der Waals surface area (Å²) in [5, 5.41) is 3.25. The molecule has 0 fully saturated rings. The molecule has 0 saturated heterocycles. The SMILES string of the molecule is CCCNC(=O)[C@@H](C)N(Cc1cccc(Cl)c1)C(=O)CN(c1cccc(C(C)=O)c1)S(C)(=O)=O. The van der Waals surface area contributed by atoms with Crippen molar-refractivity contribution >= 4 is 44.9 Å². The average Bonchev–Trinajstić information content (AvgIpc) is 2.78. The van der Waals surface area contributed by atoms with Crippen molar-refractivity contribution < 1.29 is 22.8 Å². The molecule has 0 aliphatic carbocycles. The predicted octanol–water partition coefficient (Wildman–Crippen LogP) is 3.25. The van der Waals surface area contributed by atoms with Crippen LogP contribution in [0.2, 0.25) is 5.02 Å². The molecule has 1 N–H and O–H groups in total. The Labute approximate surface area is 205 Å². The summed E-state index contributed by atoms with van der Waals surface area (Å²) < 4.78 is 26.1. The van der Waals surface area contributed by atoms with Crippen LogP contribution in [0.3, 0.4) is 0 Å². The topological polar surface area (TPSA) is 104 Å². The van der Waals surface area contributed by atoms with Crippen molar-refractivity contribution in [2.24, 2.45) is 0 Å². The fraction of sp³-hybridized carbons (Fsp3) is 0.375. The number of anilines is 1. The van der Waals surface area contributed by atoms with Crippen LogP contribution in [0.5, 0.6) is 0 Å². The van der Waals surface area contributed by atoms with Gasteiger partial charge in [-0.25, -0.2) is 8.42 Å². The van der Waals surface area contributed by atoms with Gasteiger partial charge in [0, 0.05) is 23.7 Å². The van der Waals surface area contributed by atoms with E-state index in [4.69, 9.17) is 11.6 Å². The van der Waals surface area contributed by atoms with Crippen molar-refractivity contribution in [1.82, 2.24) is 10.2 Å². The van der Waals surface area contributed by atoms with Crippen molar-refractivity contribution in [1.29, 1.82) is 0 Å².